The van der Waals surface area contributed by atoms with E-state index in [0.29, 0.717) is 0 Å². The van der Waals surface area contributed by atoms with Gasteiger partial charge in [-0.15, -0.1) is 0 Å². The Morgan fingerprint density at radius 2 is 1.83 bits per heavy atom. The van der Waals surface area contributed by atoms with Gasteiger partial charge in [-0.3, -0.25) is 4.90 Å². The zero-order chi connectivity index (χ0) is 12.6. The lowest BCUT2D eigenvalue weighted by Gasteiger charge is -2.35. The molecule has 0 radical (unpaired) electrons. The van der Waals surface area contributed by atoms with Gasteiger partial charge in [-0.25, -0.2) is 9.97 Å². The second-order valence-electron chi connectivity index (χ2n) is 4.63. The van der Waals surface area contributed by atoms with E-state index in [-0.39, 0.29) is 0 Å². The summed E-state index contributed by atoms with van der Waals surface area (Å²) >= 11 is 0. The summed E-state index contributed by atoms with van der Waals surface area (Å²) < 4.78 is 5.07. The summed E-state index contributed by atoms with van der Waals surface area (Å²) in [5, 5.41) is 0. The maximum atomic E-state index is 5.07. The Labute approximate surface area is 109 Å². The normalized spacial score (nSPS) is 17.1. The average molecular weight is 250 g/mol. The molecule has 1 aliphatic rings. The molecule has 1 aromatic rings. The topological polar surface area (TPSA) is 41.5 Å². The third-order valence-corrected chi connectivity index (χ3v) is 3.36. The van der Waals surface area contributed by atoms with Crippen LogP contribution in [0.5, 0.6) is 0 Å². The van der Waals surface area contributed by atoms with Gasteiger partial charge in [-0.2, -0.15) is 0 Å². The minimum absolute atomic E-state index is 0.876. The van der Waals surface area contributed by atoms with Crippen molar-refractivity contribution in [3.05, 3.63) is 18.7 Å². The molecule has 1 aliphatic heterocycles. The van der Waals surface area contributed by atoms with Gasteiger partial charge in [0.2, 0.25) is 0 Å². The standard InChI is InChI=1S/C13H22N4O/c1-18-9-3-2-4-16-5-7-17(8-6-16)13-10-14-12-15-11-13/h10-12H,2-9H2,1H3. The SMILES string of the molecule is COCCCCN1CCN(c2cncnc2)CC1. The van der Waals surface area contributed by atoms with Crippen molar-refractivity contribution in [1.29, 1.82) is 0 Å². The molecule has 0 unspecified atom stereocenters. The fourth-order valence-electron chi connectivity index (χ4n) is 2.27. The van der Waals surface area contributed by atoms with Crippen LogP contribution in [0.3, 0.4) is 0 Å². The minimum atomic E-state index is 0.876. The predicted molar refractivity (Wildman–Crippen MR) is 71.8 cm³/mol. The maximum Gasteiger partial charge on any atom is 0.115 e. The molecule has 0 saturated carbocycles. The van der Waals surface area contributed by atoms with Gasteiger partial charge < -0.3 is 9.64 Å². The van der Waals surface area contributed by atoms with E-state index in [1.165, 1.54) is 13.0 Å². The first-order valence-electron chi connectivity index (χ1n) is 6.61. The second-order valence-corrected chi connectivity index (χ2v) is 4.63. The van der Waals surface area contributed by atoms with Crippen LogP contribution in [-0.4, -0.2) is 61.3 Å². The van der Waals surface area contributed by atoms with E-state index in [2.05, 4.69) is 19.8 Å². The van der Waals surface area contributed by atoms with E-state index in [1.807, 2.05) is 12.4 Å². The van der Waals surface area contributed by atoms with Crippen LogP contribution in [0.2, 0.25) is 0 Å². The van der Waals surface area contributed by atoms with Crippen molar-refractivity contribution in [3.63, 3.8) is 0 Å². The molecule has 2 rings (SSSR count). The summed E-state index contributed by atoms with van der Waals surface area (Å²) in [5.74, 6) is 0. The third kappa shape index (κ3) is 3.92. The van der Waals surface area contributed by atoms with E-state index in [9.17, 15) is 0 Å². The van der Waals surface area contributed by atoms with Gasteiger partial charge in [0.15, 0.2) is 0 Å². The quantitative estimate of drug-likeness (QED) is 0.705. The van der Waals surface area contributed by atoms with Crippen molar-refractivity contribution in [3.8, 4) is 0 Å². The molecular formula is C13H22N4O. The molecule has 1 aromatic heterocycles. The van der Waals surface area contributed by atoms with Gasteiger partial charge in [-0.05, 0) is 19.4 Å². The van der Waals surface area contributed by atoms with Crippen molar-refractivity contribution in [2.24, 2.45) is 0 Å². The second kappa shape index (κ2) is 7.28. The molecule has 0 atom stereocenters. The Bertz CT molecular complexity index is 325. The van der Waals surface area contributed by atoms with Gasteiger partial charge in [0.1, 0.15) is 6.33 Å². The number of aromatic nitrogens is 2. The van der Waals surface area contributed by atoms with Crippen LogP contribution in [0, 0.1) is 0 Å². The number of nitrogens with zero attached hydrogens (tertiary/aromatic N) is 4. The van der Waals surface area contributed by atoms with Gasteiger partial charge in [0.25, 0.3) is 0 Å². The summed E-state index contributed by atoms with van der Waals surface area (Å²) in [5.41, 5.74) is 1.14. The van der Waals surface area contributed by atoms with Crippen molar-refractivity contribution < 1.29 is 4.74 Å². The highest BCUT2D eigenvalue weighted by Gasteiger charge is 2.16. The summed E-state index contributed by atoms with van der Waals surface area (Å²) in [6.07, 6.45) is 7.74. The van der Waals surface area contributed by atoms with Crippen LogP contribution in [0.25, 0.3) is 0 Å². The van der Waals surface area contributed by atoms with Gasteiger partial charge in [0.05, 0.1) is 18.1 Å². The zero-order valence-corrected chi connectivity index (χ0v) is 11.1. The monoisotopic (exact) mass is 250 g/mol. The lowest BCUT2D eigenvalue weighted by molar-refractivity contribution is 0.182. The molecule has 0 bridgehead atoms. The average Bonchev–Trinajstić information content (AvgIpc) is 2.45. The van der Waals surface area contributed by atoms with Crippen LogP contribution in [0.4, 0.5) is 5.69 Å². The van der Waals surface area contributed by atoms with E-state index in [0.717, 1.165) is 44.9 Å². The first kappa shape index (κ1) is 13.2. The number of hydrogen-bond donors (Lipinski definition) is 0. The van der Waals surface area contributed by atoms with Crippen molar-refractivity contribution in [1.82, 2.24) is 14.9 Å². The van der Waals surface area contributed by atoms with E-state index in [1.54, 1.807) is 13.4 Å². The molecule has 2 heterocycles. The summed E-state index contributed by atoms with van der Waals surface area (Å²) in [4.78, 5) is 13.0. The third-order valence-electron chi connectivity index (χ3n) is 3.36. The Hall–Kier alpha value is -1.20. The molecule has 1 saturated heterocycles. The van der Waals surface area contributed by atoms with E-state index in [4.69, 9.17) is 4.74 Å². The Balaban J connectivity index is 1.68. The number of rotatable bonds is 6. The first-order valence-corrected chi connectivity index (χ1v) is 6.61. The molecular weight excluding hydrogens is 228 g/mol. The predicted octanol–water partition coefficient (Wildman–Crippen LogP) is 1.03. The Morgan fingerprint density at radius 1 is 1.11 bits per heavy atom. The lowest BCUT2D eigenvalue weighted by atomic mass is 10.2. The number of unbranched alkanes of at least 4 members (excludes halogenated alkanes) is 1. The summed E-state index contributed by atoms with van der Waals surface area (Å²) in [7, 11) is 1.76. The Morgan fingerprint density at radius 3 is 2.50 bits per heavy atom. The summed E-state index contributed by atoms with van der Waals surface area (Å²) in [6.45, 7) is 6.45. The van der Waals surface area contributed by atoms with E-state index < -0.39 is 0 Å². The lowest BCUT2D eigenvalue weighted by Crippen LogP contribution is -2.46. The molecule has 0 aromatic carbocycles. The molecule has 100 valence electrons. The van der Waals surface area contributed by atoms with Gasteiger partial charge in [-0.1, -0.05) is 0 Å². The molecule has 0 amide bonds. The molecule has 0 aliphatic carbocycles. The first-order chi connectivity index (χ1) is 8.90. The molecule has 1 fully saturated rings. The molecule has 0 N–H and O–H groups in total. The molecule has 18 heavy (non-hydrogen) atoms. The number of ether oxygens (including phenoxy) is 1. The van der Waals surface area contributed by atoms with Crippen LogP contribution in [0.15, 0.2) is 18.7 Å². The van der Waals surface area contributed by atoms with Gasteiger partial charge >= 0.3 is 0 Å². The summed E-state index contributed by atoms with van der Waals surface area (Å²) in [6, 6.07) is 0. The minimum Gasteiger partial charge on any atom is -0.385 e. The number of piperazine rings is 1. The van der Waals surface area contributed by atoms with Crippen LogP contribution < -0.4 is 4.90 Å². The van der Waals surface area contributed by atoms with Gasteiger partial charge in [0, 0.05) is 39.9 Å². The smallest absolute Gasteiger partial charge is 0.115 e. The highest BCUT2D eigenvalue weighted by atomic mass is 16.5. The highest BCUT2D eigenvalue weighted by molar-refractivity contribution is 5.41. The van der Waals surface area contributed by atoms with Crippen molar-refractivity contribution in [2.45, 2.75) is 12.8 Å². The van der Waals surface area contributed by atoms with Crippen LogP contribution >= 0.6 is 0 Å². The van der Waals surface area contributed by atoms with Crippen LogP contribution in [-0.2, 0) is 4.74 Å². The maximum absolute atomic E-state index is 5.07. The van der Waals surface area contributed by atoms with Crippen molar-refractivity contribution >= 4 is 5.69 Å². The molecule has 0 spiro atoms. The van der Waals surface area contributed by atoms with Crippen molar-refractivity contribution in [2.75, 3.05) is 51.3 Å². The van der Waals surface area contributed by atoms with E-state index >= 15 is 0 Å². The largest absolute Gasteiger partial charge is 0.385 e. The van der Waals surface area contributed by atoms with Crippen LogP contribution in [0.1, 0.15) is 12.8 Å². The molecule has 5 nitrogen and oxygen atoms in total. The Kier molecular flexibility index (Phi) is 5.36. The number of hydrogen-bond acceptors (Lipinski definition) is 5. The molecule has 5 heteroatoms. The number of methoxy groups -OCH3 is 1. The highest BCUT2D eigenvalue weighted by Crippen LogP contribution is 2.13. The fourth-order valence-corrected chi connectivity index (χ4v) is 2.27. The fraction of sp³-hybridized carbons (Fsp3) is 0.692. The number of anilines is 1. The zero-order valence-electron chi connectivity index (χ0n) is 11.1.